The average molecular weight is 520 g/mol. The van der Waals surface area contributed by atoms with Gasteiger partial charge in [-0.2, -0.15) is 13.2 Å². The van der Waals surface area contributed by atoms with E-state index in [4.69, 9.17) is 18.9 Å². The van der Waals surface area contributed by atoms with Gasteiger partial charge in [0.1, 0.15) is 30.0 Å². The Kier molecular flexibility index (Phi) is 13.2. The van der Waals surface area contributed by atoms with E-state index < -0.39 is 29.0 Å². The van der Waals surface area contributed by atoms with Crippen molar-refractivity contribution in [1.29, 1.82) is 0 Å². The predicted molar refractivity (Wildman–Crippen MR) is 130 cm³/mol. The van der Waals surface area contributed by atoms with Crippen molar-refractivity contribution in [2.24, 2.45) is 0 Å². The molecule has 0 bridgehead atoms. The van der Waals surface area contributed by atoms with Crippen molar-refractivity contribution in [2.45, 2.75) is 90.0 Å². The van der Waals surface area contributed by atoms with Crippen molar-refractivity contribution in [3.63, 3.8) is 0 Å². The first-order valence-electron chi connectivity index (χ1n) is 12.2. The van der Waals surface area contributed by atoms with Crippen LogP contribution in [-0.4, -0.2) is 50.6 Å². The van der Waals surface area contributed by atoms with Gasteiger partial charge < -0.3 is 29.1 Å². The molecule has 0 heterocycles. The number of hydrogen-bond donors (Lipinski definition) is 1. The number of aldehydes is 1. The minimum absolute atomic E-state index is 0.0195. The van der Waals surface area contributed by atoms with Crippen LogP contribution >= 0.6 is 0 Å². The van der Waals surface area contributed by atoms with Gasteiger partial charge in [0.25, 0.3) is 0 Å². The number of methoxy groups -OCH3 is 1. The van der Waals surface area contributed by atoms with Gasteiger partial charge in [-0.1, -0.05) is 38.7 Å². The molecule has 36 heavy (non-hydrogen) atoms. The zero-order valence-corrected chi connectivity index (χ0v) is 22.0. The lowest BCUT2D eigenvalue weighted by molar-refractivity contribution is -0.139. The number of halogens is 3. The van der Waals surface area contributed by atoms with E-state index in [1.807, 2.05) is 0 Å². The number of aryl methyl sites for hydroxylation is 1. The Labute approximate surface area is 212 Å². The second kappa shape index (κ2) is 15.0. The summed E-state index contributed by atoms with van der Waals surface area (Å²) < 4.78 is 62.0. The van der Waals surface area contributed by atoms with Crippen LogP contribution < -0.4 is 10.1 Å². The van der Waals surface area contributed by atoms with Gasteiger partial charge >= 0.3 is 12.3 Å². The molecule has 1 N–H and O–H groups in total. The Hall–Kier alpha value is -2.33. The van der Waals surface area contributed by atoms with Crippen molar-refractivity contribution in [1.82, 2.24) is 5.32 Å². The van der Waals surface area contributed by atoms with E-state index >= 15 is 0 Å². The molecule has 206 valence electrons. The third-order valence-corrected chi connectivity index (χ3v) is 5.25. The predicted octanol–water partition coefficient (Wildman–Crippen LogP) is 6.07. The molecule has 1 aromatic rings. The highest BCUT2D eigenvalue weighted by Gasteiger charge is 2.36. The highest BCUT2D eigenvalue weighted by atomic mass is 19.4. The summed E-state index contributed by atoms with van der Waals surface area (Å²) in [6.45, 7) is 6.94. The van der Waals surface area contributed by atoms with Gasteiger partial charge in [0, 0.05) is 7.11 Å². The molecule has 0 fully saturated rings. The lowest BCUT2D eigenvalue weighted by Crippen LogP contribution is -2.55. The fourth-order valence-electron chi connectivity index (χ4n) is 3.44. The summed E-state index contributed by atoms with van der Waals surface area (Å²) in [6.07, 6.45) is -0.126. The van der Waals surface area contributed by atoms with Crippen LogP contribution in [0, 0.1) is 0 Å². The van der Waals surface area contributed by atoms with Gasteiger partial charge in [-0.3, -0.25) is 0 Å². The van der Waals surface area contributed by atoms with Crippen molar-refractivity contribution in [3.05, 3.63) is 29.3 Å². The molecule has 0 saturated carbocycles. The van der Waals surface area contributed by atoms with Crippen molar-refractivity contribution in [3.8, 4) is 5.75 Å². The second-order valence-electron chi connectivity index (χ2n) is 9.75. The molecule has 0 aliphatic rings. The molecule has 0 spiro atoms. The number of alkyl carbamates (subject to hydrolysis) is 1. The van der Waals surface area contributed by atoms with Gasteiger partial charge in [0.2, 0.25) is 0 Å². The standard InChI is InChI=1S/C26H40F3NO6/c1-6-7-8-9-10-15-35-22-12-11-20(16-21(22)26(27,28)29)13-14-25(17-31,18-34-19-33-5)30-23(32)36-24(2,3)4/h11-12,16-17H,6-10,13-15,18-19H2,1-5H3,(H,30,32). The van der Waals surface area contributed by atoms with Crippen LogP contribution in [0.15, 0.2) is 18.2 Å². The molecular weight excluding hydrogens is 479 g/mol. The molecule has 1 aromatic carbocycles. The number of carbonyl (C=O) groups is 2. The quantitative estimate of drug-likeness (QED) is 0.162. The maximum atomic E-state index is 13.7. The van der Waals surface area contributed by atoms with Crippen LogP contribution in [0.5, 0.6) is 5.75 Å². The highest BCUT2D eigenvalue weighted by Crippen LogP contribution is 2.37. The molecule has 1 amide bonds. The van der Waals surface area contributed by atoms with E-state index in [1.54, 1.807) is 20.8 Å². The summed E-state index contributed by atoms with van der Waals surface area (Å²) in [6, 6.07) is 3.85. The van der Waals surface area contributed by atoms with E-state index in [2.05, 4.69) is 12.2 Å². The summed E-state index contributed by atoms with van der Waals surface area (Å²) in [5, 5.41) is 2.51. The minimum atomic E-state index is -4.61. The van der Waals surface area contributed by atoms with Gasteiger partial charge in [0.15, 0.2) is 0 Å². The first-order valence-corrected chi connectivity index (χ1v) is 12.2. The van der Waals surface area contributed by atoms with Gasteiger partial charge in [-0.25, -0.2) is 4.79 Å². The molecule has 0 aromatic heterocycles. The van der Waals surface area contributed by atoms with Crippen LogP contribution in [0.2, 0.25) is 0 Å². The third kappa shape index (κ3) is 12.1. The molecule has 10 heteroatoms. The zero-order valence-electron chi connectivity index (χ0n) is 22.0. The van der Waals surface area contributed by atoms with Crippen LogP contribution in [0.25, 0.3) is 0 Å². The monoisotopic (exact) mass is 519 g/mol. The van der Waals surface area contributed by atoms with Crippen molar-refractivity contribution >= 4 is 12.4 Å². The topological polar surface area (TPSA) is 83.1 Å². The first-order chi connectivity index (χ1) is 16.9. The van der Waals surface area contributed by atoms with E-state index in [0.29, 0.717) is 18.3 Å². The molecule has 0 aliphatic carbocycles. The lowest BCUT2D eigenvalue weighted by atomic mass is 9.92. The Morgan fingerprint density at radius 1 is 1.08 bits per heavy atom. The molecule has 7 nitrogen and oxygen atoms in total. The largest absolute Gasteiger partial charge is 0.493 e. The van der Waals surface area contributed by atoms with E-state index in [0.717, 1.165) is 31.7 Å². The van der Waals surface area contributed by atoms with Crippen LogP contribution in [-0.2, 0) is 31.6 Å². The lowest BCUT2D eigenvalue weighted by Gasteiger charge is -2.30. The van der Waals surface area contributed by atoms with Gasteiger partial charge in [0.05, 0.1) is 18.8 Å². The van der Waals surface area contributed by atoms with Crippen LogP contribution in [0.3, 0.4) is 0 Å². The molecular formula is C26H40F3NO6. The third-order valence-electron chi connectivity index (χ3n) is 5.25. The molecule has 0 radical (unpaired) electrons. The van der Waals surface area contributed by atoms with Crippen molar-refractivity contribution < 1.29 is 41.7 Å². The number of benzene rings is 1. The van der Waals surface area contributed by atoms with Gasteiger partial charge in [-0.05, 0) is 57.7 Å². The molecule has 1 unspecified atom stereocenters. The number of hydrogen-bond acceptors (Lipinski definition) is 6. The van der Waals surface area contributed by atoms with Crippen LogP contribution in [0.4, 0.5) is 18.0 Å². The average Bonchev–Trinajstić information content (AvgIpc) is 2.78. The fourth-order valence-corrected chi connectivity index (χ4v) is 3.44. The van der Waals surface area contributed by atoms with Crippen LogP contribution in [0.1, 0.15) is 77.3 Å². The second-order valence-corrected chi connectivity index (χ2v) is 9.75. The smallest absolute Gasteiger partial charge is 0.419 e. The normalized spacial score (nSPS) is 13.7. The van der Waals surface area contributed by atoms with Crippen molar-refractivity contribution in [2.75, 3.05) is 27.1 Å². The van der Waals surface area contributed by atoms with E-state index in [9.17, 15) is 22.8 Å². The maximum Gasteiger partial charge on any atom is 0.419 e. The Balaban J connectivity index is 2.99. The fraction of sp³-hybridized carbons (Fsp3) is 0.692. The van der Waals surface area contributed by atoms with E-state index in [-0.39, 0.29) is 38.6 Å². The minimum Gasteiger partial charge on any atom is -0.493 e. The number of nitrogens with one attached hydrogen (secondary N) is 1. The number of rotatable bonds is 16. The Morgan fingerprint density at radius 3 is 2.36 bits per heavy atom. The zero-order chi connectivity index (χ0) is 27.2. The Morgan fingerprint density at radius 2 is 1.78 bits per heavy atom. The number of ether oxygens (including phenoxy) is 4. The number of unbranched alkanes of at least 4 members (excludes halogenated alkanes) is 4. The first kappa shape index (κ1) is 31.7. The number of carbonyl (C=O) groups excluding carboxylic acids is 2. The molecule has 0 saturated heterocycles. The summed E-state index contributed by atoms with van der Waals surface area (Å²) >= 11 is 0. The summed E-state index contributed by atoms with van der Waals surface area (Å²) in [4.78, 5) is 24.4. The SMILES string of the molecule is CCCCCCCOc1ccc(CCC(C=O)(COCOC)NC(=O)OC(C)(C)C)cc1C(F)(F)F. The Bertz CT molecular complexity index is 810. The summed E-state index contributed by atoms with van der Waals surface area (Å²) in [5.41, 5.74) is -2.87. The maximum absolute atomic E-state index is 13.7. The highest BCUT2D eigenvalue weighted by molar-refractivity contribution is 5.77. The number of alkyl halides is 3. The number of amides is 1. The molecule has 1 atom stereocenters. The molecule has 1 rings (SSSR count). The van der Waals surface area contributed by atoms with Gasteiger partial charge in [-0.15, -0.1) is 0 Å². The summed E-state index contributed by atoms with van der Waals surface area (Å²) in [5.74, 6) is -0.223. The summed E-state index contributed by atoms with van der Waals surface area (Å²) in [7, 11) is 1.40. The molecule has 0 aliphatic heterocycles. The van der Waals surface area contributed by atoms with E-state index in [1.165, 1.54) is 19.2 Å².